The second-order valence-corrected chi connectivity index (χ2v) is 11.1. The number of nitrogens with one attached hydrogen (secondary N) is 3. The average Bonchev–Trinajstić information content (AvgIpc) is 3.44. The van der Waals surface area contributed by atoms with Crippen LogP contribution in [0.5, 0.6) is 0 Å². The van der Waals surface area contributed by atoms with Crippen LogP contribution in [0, 0.1) is 5.92 Å². The lowest BCUT2D eigenvalue weighted by Gasteiger charge is -2.21. The fraction of sp³-hybridized carbons (Fsp3) is 0.517. The highest BCUT2D eigenvalue weighted by Gasteiger charge is 2.24. The Morgan fingerprint density at radius 2 is 1.71 bits per heavy atom. The van der Waals surface area contributed by atoms with Gasteiger partial charge in [-0.2, -0.15) is 0 Å². The van der Waals surface area contributed by atoms with E-state index in [2.05, 4.69) is 20.9 Å². The van der Waals surface area contributed by atoms with E-state index in [-0.39, 0.29) is 36.3 Å². The molecule has 1 aromatic heterocycles. The number of ether oxygens (including phenoxy) is 1. The highest BCUT2D eigenvalue weighted by molar-refractivity contribution is 7.09. The van der Waals surface area contributed by atoms with Crippen molar-refractivity contribution in [2.45, 2.75) is 77.0 Å². The van der Waals surface area contributed by atoms with Crippen molar-refractivity contribution < 1.29 is 33.8 Å². The maximum absolute atomic E-state index is 13.0. The molecule has 13 heteroatoms. The van der Waals surface area contributed by atoms with Gasteiger partial charge in [0.25, 0.3) is 5.91 Å². The van der Waals surface area contributed by atoms with Gasteiger partial charge in [-0.25, -0.2) is 9.78 Å². The summed E-state index contributed by atoms with van der Waals surface area (Å²) in [5.74, 6) is -2.42. The van der Waals surface area contributed by atoms with E-state index in [4.69, 9.17) is 10.5 Å². The number of primary amides is 1. The van der Waals surface area contributed by atoms with Gasteiger partial charge in [-0.15, -0.1) is 11.3 Å². The van der Waals surface area contributed by atoms with E-state index in [9.17, 15) is 29.1 Å². The van der Waals surface area contributed by atoms with Crippen LogP contribution in [0.3, 0.4) is 0 Å². The molecular formula is C29H41N5O7S. The Kier molecular flexibility index (Phi) is 14.1. The number of hydrogen-bond acceptors (Lipinski definition) is 9. The molecule has 6 N–H and O–H groups in total. The lowest BCUT2D eigenvalue weighted by atomic mass is 9.94. The molecule has 2 rings (SSSR count). The minimum Gasteiger partial charge on any atom is -0.481 e. The number of unbranched alkanes of at least 4 members (excludes halogenated alkanes) is 1. The third-order valence-corrected chi connectivity index (χ3v) is 7.78. The number of carboxylic acid groups (broad SMARTS) is 1. The molecule has 0 spiro atoms. The lowest BCUT2D eigenvalue weighted by molar-refractivity contribution is -0.141. The molecule has 0 aliphatic rings. The van der Waals surface area contributed by atoms with Crippen LogP contribution in [0.2, 0.25) is 0 Å². The standard InChI is InChI=1S/C29H41N5O7S/c1-17(28(38)39)13-21(33-26(37)23-16-42-27(34-23)18(2)41-29(40)32-4)14-19-9-11-20(12-10-19)15-24(35)22(31-3)7-5-6-8-25(30)36/h9-12,16-18,21-22,31H,5-8,13-15H2,1-4H3,(H2,30,36)(H,32,40)(H,33,37)(H,38,39)/t17-,18+,21+,22-/m0/s1. The summed E-state index contributed by atoms with van der Waals surface area (Å²) in [6.45, 7) is 3.23. The van der Waals surface area contributed by atoms with Crippen LogP contribution >= 0.6 is 11.3 Å². The molecule has 0 bridgehead atoms. The van der Waals surface area contributed by atoms with E-state index in [1.165, 1.54) is 18.4 Å². The summed E-state index contributed by atoms with van der Waals surface area (Å²) >= 11 is 1.18. The summed E-state index contributed by atoms with van der Waals surface area (Å²) in [5.41, 5.74) is 7.04. The number of thiazole rings is 1. The van der Waals surface area contributed by atoms with Gasteiger partial charge in [0.1, 0.15) is 10.7 Å². The Bertz CT molecular complexity index is 1220. The summed E-state index contributed by atoms with van der Waals surface area (Å²) in [6, 6.07) is 6.63. The smallest absolute Gasteiger partial charge is 0.407 e. The number of carboxylic acids is 1. The van der Waals surface area contributed by atoms with Crippen molar-refractivity contribution in [1.82, 2.24) is 20.9 Å². The Labute approximate surface area is 249 Å². The summed E-state index contributed by atoms with van der Waals surface area (Å²) in [7, 11) is 3.18. The molecule has 0 aliphatic heterocycles. The molecule has 0 saturated carbocycles. The van der Waals surface area contributed by atoms with Gasteiger partial charge in [-0.3, -0.25) is 19.2 Å². The van der Waals surface area contributed by atoms with Crippen molar-refractivity contribution in [1.29, 1.82) is 0 Å². The summed E-state index contributed by atoms with van der Waals surface area (Å²) in [4.78, 5) is 64.0. The SMILES string of the molecule is CNC(=O)O[C@H](C)c1nc(C(=O)N[C@@H](Cc2ccc(CC(=O)[C@H](CCCCC(N)=O)NC)cc2)C[C@H](C)C(=O)O)cs1. The molecule has 0 saturated heterocycles. The highest BCUT2D eigenvalue weighted by atomic mass is 32.1. The molecule has 3 amide bonds. The summed E-state index contributed by atoms with van der Waals surface area (Å²) in [5, 5.41) is 19.8. The Morgan fingerprint density at radius 1 is 1.05 bits per heavy atom. The molecule has 4 atom stereocenters. The number of aliphatic carboxylic acids is 1. The number of carbonyl (C=O) groups excluding carboxylic acids is 4. The van der Waals surface area contributed by atoms with Crippen molar-refractivity contribution in [3.05, 3.63) is 51.5 Å². The third-order valence-electron chi connectivity index (χ3n) is 6.77. The lowest BCUT2D eigenvalue weighted by Crippen LogP contribution is -2.38. The van der Waals surface area contributed by atoms with Gasteiger partial charge in [-0.05, 0) is 50.8 Å². The molecule has 1 heterocycles. The molecule has 1 aromatic carbocycles. The van der Waals surface area contributed by atoms with Gasteiger partial charge in [0.05, 0.1) is 12.0 Å². The molecule has 0 radical (unpaired) electrons. The summed E-state index contributed by atoms with van der Waals surface area (Å²) < 4.78 is 5.16. The number of benzene rings is 1. The molecular weight excluding hydrogens is 562 g/mol. The number of ketones is 1. The van der Waals surface area contributed by atoms with E-state index in [0.29, 0.717) is 37.1 Å². The van der Waals surface area contributed by atoms with Crippen LogP contribution in [0.1, 0.15) is 78.7 Å². The van der Waals surface area contributed by atoms with Crippen LogP contribution in [0.4, 0.5) is 4.79 Å². The number of hydrogen-bond donors (Lipinski definition) is 5. The number of rotatable bonds is 18. The second-order valence-electron chi connectivity index (χ2n) is 10.2. The summed E-state index contributed by atoms with van der Waals surface area (Å²) in [6.07, 6.45) is 1.84. The van der Waals surface area contributed by atoms with E-state index < -0.39 is 36.0 Å². The van der Waals surface area contributed by atoms with Crippen molar-refractivity contribution in [3.63, 3.8) is 0 Å². The van der Waals surface area contributed by atoms with Crippen molar-refractivity contribution >= 4 is 41.0 Å². The molecule has 0 unspecified atom stereocenters. The minimum absolute atomic E-state index is 0.0439. The largest absolute Gasteiger partial charge is 0.481 e. The van der Waals surface area contributed by atoms with Gasteiger partial charge in [-0.1, -0.05) is 37.6 Å². The van der Waals surface area contributed by atoms with E-state index in [0.717, 1.165) is 11.1 Å². The van der Waals surface area contributed by atoms with Gasteiger partial charge < -0.3 is 31.5 Å². The predicted octanol–water partition coefficient (Wildman–Crippen LogP) is 2.76. The van der Waals surface area contributed by atoms with Crippen molar-refractivity contribution in [2.24, 2.45) is 11.7 Å². The minimum atomic E-state index is -0.965. The first-order valence-corrected chi connectivity index (χ1v) is 14.7. The quantitative estimate of drug-likeness (QED) is 0.160. The van der Waals surface area contributed by atoms with Crippen LogP contribution in [-0.2, 0) is 32.0 Å². The zero-order valence-electron chi connectivity index (χ0n) is 24.5. The normalized spacial score (nSPS) is 13.8. The first-order valence-electron chi connectivity index (χ1n) is 13.9. The first-order chi connectivity index (χ1) is 19.9. The van der Waals surface area contributed by atoms with Gasteiger partial charge in [0, 0.05) is 31.3 Å². The van der Waals surface area contributed by atoms with Gasteiger partial charge >= 0.3 is 12.1 Å². The second kappa shape index (κ2) is 17.2. The van der Waals surface area contributed by atoms with Crippen LogP contribution in [0.25, 0.3) is 0 Å². The Morgan fingerprint density at radius 3 is 2.31 bits per heavy atom. The number of nitrogens with zero attached hydrogens (tertiary/aromatic N) is 1. The zero-order chi connectivity index (χ0) is 31.2. The van der Waals surface area contributed by atoms with Crippen LogP contribution in [0.15, 0.2) is 29.6 Å². The maximum Gasteiger partial charge on any atom is 0.407 e. The topological polar surface area (TPSA) is 190 Å². The molecule has 2 aromatic rings. The average molecular weight is 604 g/mol. The first kappa shape index (κ1) is 34.4. The molecule has 0 fully saturated rings. The van der Waals surface area contributed by atoms with Crippen LogP contribution < -0.4 is 21.7 Å². The van der Waals surface area contributed by atoms with Crippen molar-refractivity contribution in [3.8, 4) is 0 Å². The number of nitrogens with two attached hydrogens (primary N) is 1. The molecule has 230 valence electrons. The van der Waals surface area contributed by atoms with E-state index >= 15 is 0 Å². The number of alkyl carbamates (subject to hydrolysis) is 1. The van der Waals surface area contributed by atoms with E-state index in [1.54, 1.807) is 26.3 Å². The predicted molar refractivity (Wildman–Crippen MR) is 158 cm³/mol. The third kappa shape index (κ3) is 11.6. The number of Topliss-reactive ketones (excluding diaryl/α,β-unsaturated/α-hetero) is 1. The maximum atomic E-state index is 13.0. The number of amides is 3. The van der Waals surface area contributed by atoms with E-state index in [1.807, 2.05) is 24.3 Å². The van der Waals surface area contributed by atoms with Gasteiger partial charge in [0.15, 0.2) is 11.9 Å². The molecule has 42 heavy (non-hydrogen) atoms. The number of likely N-dealkylation sites (N-methyl/N-ethyl adjacent to an activating group) is 1. The number of carbonyl (C=O) groups is 5. The monoisotopic (exact) mass is 603 g/mol. The Balaban J connectivity index is 2.04. The molecule has 12 nitrogen and oxygen atoms in total. The highest BCUT2D eigenvalue weighted by Crippen LogP contribution is 2.22. The fourth-order valence-corrected chi connectivity index (χ4v) is 5.13. The zero-order valence-corrected chi connectivity index (χ0v) is 25.3. The molecule has 0 aliphatic carbocycles. The Hall–Kier alpha value is -3.84. The fourth-order valence-electron chi connectivity index (χ4n) is 4.34. The van der Waals surface area contributed by atoms with Gasteiger partial charge in [0.2, 0.25) is 5.91 Å². The van der Waals surface area contributed by atoms with Crippen molar-refractivity contribution in [2.75, 3.05) is 14.1 Å². The van der Waals surface area contributed by atoms with Crippen LogP contribution in [-0.4, -0.2) is 65.9 Å². The number of aromatic nitrogens is 1.